The van der Waals surface area contributed by atoms with Crippen molar-refractivity contribution in [1.82, 2.24) is 0 Å². The molecular weight excluding hydrogens is 424 g/mol. The molecule has 2 spiro atoms. The molecule has 4 heteroatoms. The number of hydrogen-bond acceptors (Lipinski definition) is 4. The lowest BCUT2D eigenvalue weighted by molar-refractivity contribution is -0.174. The summed E-state index contributed by atoms with van der Waals surface area (Å²) in [6.07, 6.45) is 11.3. The summed E-state index contributed by atoms with van der Waals surface area (Å²) in [6.45, 7) is 13.8. The third-order valence-electron chi connectivity index (χ3n) is 13.6. The van der Waals surface area contributed by atoms with E-state index in [4.69, 9.17) is 9.47 Å². The van der Waals surface area contributed by atoms with Crippen molar-refractivity contribution >= 4 is 0 Å². The molecule has 0 aromatic carbocycles. The quantitative estimate of drug-likeness (QED) is 0.548. The molecule has 11 unspecified atom stereocenters. The molecule has 5 saturated carbocycles. The van der Waals surface area contributed by atoms with E-state index < -0.39 is 0 Å². The van der Waals surface area contributed by atoms with Crippen LogP contribution in [0.4, 0.5) is 0 Å². The first-order valence-electron chi connectivity index (χ1n) is 14.4. The monoisotopic (exact) mass is 474 g/mol. The molecule has 0 radical (unpaired) electrons. The van der Waals surface area contributed by atoms with E-state index in [-0.39, 0.29) is 46.3 Å². The van der Waals surface area contributed by atoms with Crippen LogP contribution in [0, 0.1) is 45.3 Å². The van der Waals surface area contributed by atoms with Gasteiger partial charge in [0.05, 0.1) is 29.5 Å². The van der Waals surface area contributed by atoms with Gasteiger partial charge in [-0.2, -0.15) is 0 Å². The fraction of sp³-hybridized carbons (Fsp3) is 1.00. The molecule has 194 valence electrons. The van der Waals surface area contributed by atoms with Crippen LogP contribution in [0.15, 0.2) is 0 Å². The van der Waals surface area contributed by atoms with Crippen molar-refractivity contribution in [1.29, 1.82) is 0 Å². The first-order chi connectivity index (χ1) is 15.8. The first kappa shape index (κ1) is 24.2. The zero-order valence-corrected chi connectivity index (χ0v) is 22.8. The maximum Gasteiger partial charge on any atom is 0.0883 e. The zero-order valence-electron chi connectivity index (χ0n) is 22.8. The summed E-state index contributed by atoms with van der Waals surface area (Å²) in [6, 6.07) is 0. The Morgan fingerprint density at radius 1 is 0.853 bits per heavy atom. The van der Waals surface area contributed by atoms with E-state index in [2.05, 4.69) is 41.5 Å². The van der Waals surface area contributed by atoms with Crippen molar-refractivity contribution in [3.8, 4) is 0 Å². The molecule has 5 aliphatic carbocycles. The molecule has 6 aliphatic rings. The molecular formula is C30H50O4. The van der Waals surface area contributed by atoms with Gasteiger partial charge in [-0.25, -0.2) is 0 Å². The third kappa shape index (κ3) is 2.76. The Labute approximate surface area is 207 Å². The van der Waals surface area contributed by atoms with Crippen molar-refractivity contribution in [2.45, 2.75) is 135 Å². The van der Waals surface area contributed by atoms with E-state index in [1.165, 1.54) is 38.5 Å². The minimum Gasteiger partial charge on any atom is -0.393 e. The minimum absolute atomic E-state index is 0.0382. The van der Waals surface area contributed by atoms with Crippen molar-refractivity contribution in [2.24, 2.45) is 45.3 Å². The van der Waals surface area contributed by atoms with Gasteiger partial charge in [0.25, 0.3) is 0 Å². The highest BCUT2D eigenvalue weighted by molar-refractivity contribution is 5.30. The van der Waals surface area contributed by atoms with Crippen LogP contribution in [0.5, 0.6) is 0 Å². The van der Waals surface area contributed by atoms with E-state index in [1.807, 2.05) is 0 Å². The lowest BCUT2D eigenvalue weighted by Crippen LogP contribution is -2.55. The molecule has 6 rings (SSSR count). The molecule has 0 aromatic rings. The van der Waals surface area contributed by atoms with Crippen LogP contribution >= 0.6 is 0 Å². The van der Waals surface area contributed by atoms with Gasteiger partial charge < -0.3 is 19.7 Å². The Morgan fingerprint density at radius 2 is 1.50 bits per heavy atom. The molecule has 1 heterocycles. The normalized spacial score (nSPS) is 58.0. The zero-order chi connectivity index (χ0) is 24.5. The Kier molecular flexibility index (Phi) is 5.00. The van der Waals surface area contributed by atoms with Gasteiger partial charge in [-0.3, -0.25) is 0 Å². The summed E-state index contributed by atoms with van der Waals surface area (Å²) in [5.41, 5.74) is 0.609. The highest BCUT2D eigenvalue weighted by atomic mass is 16.6. The van der Waals surface area contributed by atoms with Gasteiger partial charge in [0, 0.05) is 13.0 Å². The molecule has 1 aliphatic heterocycles. The van der Waals surface area contributed by atoms with Crippen LogP contribution in [0.25, 0.3) is 0 Å². The molecule has 0 aromatic heterocycles. The maximum absolute atomic E-state index is 11.6. The van der Waals surface area contributed by atoms with Crippen molar-refractivity contribution in [3.05, 3.63) is 0 Å². The van der Waals surface area contributed by atoms with Crippen LogP contribution in [-0.2, 0) is 9.47 Å². The predicted octanol–water partition coefficient (Wildman–Crippen LogP) is 5.73. The number of ether oxygens (including phenoxy) is 2. The Hall–Kier alpha value is -0.160. The SMILES string of the molecule is COC(C)(C)C1CCC(C)(C2C(O)CC3(C)C2CCC24CC25CCC(O)C(C)(C)C5CCC34)O1. The Balaban J connectivity index is 1.29. The molecule has 4 nitrogen and oxygen atoms in total. The van der Waals surface area contributed by atoms with Crippen LogP contribution in [0.2, 0.25) is 0 Å². The number of methoxy groups -OCH3 is 1. The summed E-state index contributed by atoms with van der Waals surface area (Å²) in [7, 11) is 1.79. The van der Waals surface area contributed by atoms with Gasteiger partial charge >= 0.3 is 0 Å². The van der Waals surface area contributed by atoms with E-state index in [0.717, 1.165) is 31.6 Å². The van der Waals surface area contributed by atoms with Gasteiger partial charge in [0.15, 0.2) is 0 Å². The number of hydrogen-bond donors (Lipinski definition) is 2. The molecule has 0 amide bonds. The average molecular weight is 475 g/mol. The second-order valence-corrected chi connectivity index (χ2v) is 15.3. The summed E-state index contributed by atoms with van der Waals surface area (Å²) in [5, 5.41) is 22.5. The molecule has 6 fully saturated rings. The number of fused-ring (bicyclic) bond motifs is 2. The van der Waals surface area contributed by atoms with E-state index >= 15 is 0 Å². The lowest BCUT2D eigenvalue weighted by atomic mass is 9.45. The fourth-order valence-corrected chi connectivity index (χ4v) is 11.7. The lowest BCUT2D eigenvalue weighted by Gasteiger charge is -2.60. The van der Waals surface area contributed by atoms with Crippen LogP contribution in [0.1, 0.15) is 106 Å². The van der Waals surface area contributed by atoms with E-state index in [9.17, 15) is 10.2 Å². The van der Waals surface area contributed by atoms with Crippen LogP contribution in [0.3, 0.4) is 0 Å². The summed E-state index contributed by atoms with van der Waals surface area (Å²) in [4.78, 5) is 0. The predicted molar refractivity (Wildman–Crippen MR) is 133 cm³/mol. The van der Waals surface area contributed by atoms with E-state index in [1.54, 1.807) is 7.11 Å². The van der Waals surface area contributed by atoms with Crippen LogP contribution in [-0.4, -0.2) is 46.8 Å². The van der Waals surface area contributed by atoms with E-state index in [0.29, 0.717) is 22.7 Å². The molecule has 2 N–H and O–H groups in total. The molecule has 1 saturated heterocycles. The standard InChI is InChI=1S/C30H50O4/c1-25(2)20-8-9-21-27(5)16-19(31)24(28(6)13-12-23(34-28)26(3,4)33-7)18(27)10-14-30(21)17-29(20,30)15-11-22(25)32/h18-24,31-32H,8-17H2,1-7H3. The minimum atomic E-state index is -0.293. The Morgan fingerprint density at radius 3 is 2.21 bits per heavy atom. The first-order valence-corrected chi connectivity index (χ1v) is 14.4. The number of aliphatic hydroxyl groups is 2. The van der Waals surface area contributed by atoms with Crippen molar-refractivity contribution in [3.63, 3.8) is 0 Å². The highest BCUT2D eigenvalue weighted by Crippen LogP contribution is 2.87. The maximum atomic E-state index is 11.6. The Bertz CT molecular complexity index is 853. The summed E-state index contributed by atoms with van der Waals surface area (Å²) < 4.78 is 12.6. The van der Waals surface area contributed by atoms with Gasteiger partial charge in [-0.1, -0.05) is 20.8 Å². The van der Waals surface area contributed by atoms with Gasteiger partial charge in [0.2, 0.25) is 0 Å². The largest absolute Gasteiger partial charge is 0.393 e. The fourth-order valence-electron chi connectivity index (χ4n) is 11.7. The van der Waals surface area contributed by atoms with Gasteiger partial charge in [0.1, 0.15) is 0 Å². The topological polar surface area (TPSA) is 58.9 Å². The van der Waals surface area contributed by atoms with Gasteiger partial charge in [-0.05, 0) is 124 Å². The number of rotatable bonds is 3. The summed E-state index contributed by atoms with van der Waals surface area (Å²) in [5.74, 6) is 2.15. The second-order valence-electron chi connectivity index (χ2n) is 15.3. The van der Waals surface area contributed by atoms with Gasteiger partial charge in [-0.15, -0.1) is 0 Å². The third-order valence-corrected chi connectivity index (χ3v) is 13.6. The highest BCUT2D eigenvalue weighted by Gasteiger charge is 2.81. The summed E-state index contributed by atoms with van der Waals surface area (Å²) >= 11 is 0. The molecule has 0 bridgehead atoms. The average Bonchev–Trinajstić information content (AvgIpc) is 3.10. The van der Waals surface area contributed by atoms with Crippen LogP contribution < -0.4 is 0 Å². The molecule has 34 heavy (non-hydrogen) atoms. The molecule has 11 atom stereocenters. The van der Waals surface area contributed by atoms with Crippen molar-refractivity contribution < 1.29 is 19.7 Å². The smallest absolute Gasteiger partial charge is 0.0883 e. The van der Waals surface area contributed by atoms with Crippen molar-refractivity contribution in [2.75, 3.05) is 7.11 Å². The number of aliphatic hydroxyl groups excluding tert-OH is 2. The second kappa shape index (κ2) is 7.03.